The van der Waals surface area contributed by atoms with Gasteiger partial charge in [-0.15, -0.1) is 0 Å². The highest BCUT2D eigenvalue weighted by Gasteiger charge is 2.71. The smallest absolute Gasteiger partial charge is 0.254 e. The van der Waals surface area contributed by atoms with E-state index in [-0.39, 0.29) is 27.7 Å². The minimum absolute atomic E-state index is 0.0562. The first-order chi connectivity index (χ1) is 18.2. The van der Waals surface area contributed by atoms with Gasteiger partial charge < -0.3 is 5.32 Å². The molecule has 4 rings (SSSR count). The summed E-state index contributed by atoms with van der Waals surface area (Å²) < 4.78 is 69.5. The highest BCUT2D eigenvalue weighted by atomic mass is 35.5. The average Bonchev–Trinajstić information content (AvgIpc) is 3.25. The van der Waals surface area contributed by atoms with Crippen molar-refractivity contribution >= 4 is 60.8 Å². The van der Waals surface area contributed by atoms with Crippen LogP contribution in [0.5, 0.6) is 0 Å². The fourth-order valence-corrected chi connectivity index (χ4v) is 8.13. The Labute approximate surface area is 243 Å². The number of sulfonamides is 2. The summed E-state index contributed by atoms with van der Waals surface area (Å²) in [6, 6.07) is 5.55. The molecule has 2 aliphatic rings. The van der Waals surface area contributed by atoms with Crippen LogP contribution < -0.4 is 5.32 Å². The largest absolute Gasteiger partial charge is 0.325 e. The van der Waals surface area contributed by atoms with Crippen LogP contribution in [0, 0.1) is 11.2 Å². The molecule has 9 nitrogen and oxygen atoms in total. The van der Waals surface area contributed by atoms with E-state index in [1.807, 2.05) is 20.8 Å². The van der Waals surface area contributed by atoms with Crippen LogP contribution in [-0.4, -0.2) is 68.9 Å². The molecule has 0 bridgehead atoms. The van der Waals surface area contributed by atoms with E-state index in [4.69, 9.17) is 23.2 Å². The van der Waals surface area contributed by atoms with E-state index < -0.39 is 66.5 Å². The van der Waals surface area contributed by atoms with Crippen LogP contribution in [0.1, 0.15) is 44.2 Å². The summed E-state index contributed by atoms with van der Waals surface area (Å²) in [5.41, 5.74) is -2.07. The summed E-state index contributed by atoms with van der Waals surface area (Å²) in [6.45, 7) is 5.51. The third-order valence-corrected chi connectivity index (χ3v) is 10.5. The van der Waals surface area contributed by atoms with Crippen LogP contribution in [0.25, 0.3) is 0 Å². The molecule has 1 saturated heterocycles. The Bertz CT molecular complexity index is 1630. The zero-order valence-corrected chi connectivity index (χ0v) is 25.8. The predicted octanol–water partition coefficient (Wildman–Crippen LogP) is 3.97. The number of amides is 2. The molecule has 1 fully saturated rings. The number of likely N-dealkylation sites (N-methyl/N-ethyl adjacent to an activating group) is 1. The molecule has 0 aliphatic carbocycles. The molecule has 218 valence electrons. The molecule has 1 N–H and O–H groups in total. The van der Waals surface area contributed by atoms with Crippen LogP contribution in [-0.2, 0) is 35.1 Å². The summed E-state index contributed by atoms with van der Waals surface area (Å²) in [4.78, 5) is 28.4. The van der Waals surface area contributed by atoms with E-state index in [2.05, 4.69) is 5.32 Å². The van der Waals surface area contributed by atoms with Crippen molar-refractivity contribution in [3.05, 3.63) is 63.4 Å². The first-order valence-electron chi connectivity index (χ1n) is 12.2. The number of hydrogen-bond acceptors (Lipinski definition) is 6. The molecular formula is C26H30Cl2FN3O6S2. The number of nitrogens with zero attached hydrogens (tertiary/aromatic N) is 2. The minimum Gasteiger partial charge on any atom is -0.325 e. The third-order valence-electron chi connectivity index (χ3n) is 7.53. The molecule has 2 aromatic rings. The highest BCUT2D eigenvalue weighted by Crippen LogP contribution is 2.61. The second kappa shape index (κ2) is 9.94. The summed E-state index contributed by atoms with van der Waals surface area (Å²) in [6.07, 6.45) is 1.73. The van der Waals surface area contributed by atoms with Gasteiger partial charge in [-0.25, -0.2) is 25.5 Å². The molecule has 40 heavy (non-hydrogen) atoms. The van der Waals surface area contributed by atoms with Crippen molar-refractivity contribution in [2.24, 2.45) is 5.41 Å². The number of anilines is 1. The molecule has 0 radical (unpaired) electrons. The number of halogens is 3. The van der Waals surface area contributed by atoms with Gasteiger partial charge in [0.1, 0.15) is 17.3 Å². The molecule has 14 heteroatoms. The van der Waals surface area contributed by atoms with Crippen molar-refractivity contribution in [2.75, 3.05) is 24.9 Å². The maximum atomic E-state index is 15.9. The molecule has 0 unspecified atom stereocenters. The van der Waals surface area contributed by atoms with E-state index in [1.54, 1.807) is 6.07 Å². The Morgan fingerprint density at radius 3 is 2.30 bits per heavy atom. The topological polar surface area (TPSA) is 121 Å². The number of benzene rings is 2. The number of hydrogen-bond donors (Lipinski definition) is 1. The van der Waals surface area contributed by atoms with E-state index in [1.165, 1.54) is 30.3 Å². The number of nitrogens with one attached hydrogen (secondary N) is 1. The van der Waals surface area contributed by atoms with Crippen molar-refractivity contribution in [1.29, 1.82) is 0 Å². The highest BCUT2D eigenvalue weighted by molar-refractivity contribution is 7.89. The SMILES string of the molecule is CN(C(=O)[C@H]1[C@H](c2cccc(Cl)c2F)[C@]2(C(=O)Nc3cc(Cl)ccc32)[C@H](CC(C)(C)C)N1S(C)(=O)=O)S(C)(=O)=O. The van der Waals surface area contributed by atoms with Gasteiger partial charge in [-0.3, -0.25) is 9.59 Å². The standard InChI is InChI=1S/C26H30Cl2FN3O6S2/c1-25(2,3)13-19-26(16-11-10-14(27)12-18(16)30-24(26)34)20(15-8-7-9-17(28)21(15)29)22(32(19)40(6,37)38)23(33)31(4)39(5,35)36/h7-12,19-20,22H,13H2,1-6H3,(H,30,34)/t19-,20-,22+,26+/m0/s1. The average molecular weight is 635 g/mol. The fraction of sp³-hybridized carbons (Fsp3) is 0.462. The fourth-order valence-electron chi connectivity index (χ4n) is 6.01. The Morgan fingerprint density at radius 2 is 1.75 bits per heavy atom. The van der Waals surface area contributed by atoms with Gasteiger partial charge in [0.2, 0.25) is 26.0 Å². The lowest BCUT2D eigenvalue weighted by Crippen LogP contribution is -2.53. The van der Waals surface area contributed by atoms with Crippen LogP contribution in [0.4, 0.5) is 10.1 Å². The van der Waals surface area contributed by atoms with E-state index in [0.717, 1.165) is 23.9 Å². The van der Waals surface area contributed by atoms with Gasteiger partial charge in [0.05, 0.1) is 17.5 Å². The van der Waals surface area contributed by atoms with Crippen molar-refractivity contribution < 1.29 is 30.8 Å². The van der Waals surface area contributed by atoms with Gasteiger partial charge >= 0.3 is 0 Å². The van der Waals surface area contributed by atoms with Crippen LogP contribution >= 0.6 is 23.2 Å². The van der Waals surface area contributed by atoms with Crippen molar-refractivity contribution in [3.8, 4) is 0 Å². The normalized spacial score (nSPS) is 25.2. The Balaban J connectivity index is 2.22. The molecule has 0 aromatic heterocycles. The van der Waals surface area contributed by atoms with Crippen molar-refractivity contribution in [1.82, 2.24) is 8.61 Å². The van der Waals surface area contributed by atoms with Crippen LogP contribution in [0.15, 0.2) is 36.4 Å². The minimum atomic E-state index is -4.33. The van der Waals surface area contributed by atoms with E-state index >= 15 is 4.39 Å². The van der Waals surface area contributed by atoms with E-state index in [9.17, 15) is 26.4 Å². The second-order valence-electron chi connectivity index (χ2n) is 11.5. The molecule has 2 aromatic carbocycles. The van der Waals surface area contributed by atoms with Crippen LogP contribution in [0.3, 0.4) is 0 Å². The monoisotopic (exact) mass is 633 g/mol. The Morgan fingerprint density at radius 1 is 1.12 bits per heavy atom. The van der Waals surface area contributed by atoms with Gasteiger partial charge in [0, 0.05) is 29.7 Å². The quantitative estimate of drug-likeness (QED) is 0.532. The first kappa shape index (κ1) is 30.7. The third kappa shape index (κ3) is 4.91. The summed E-state index contributed by atoms with van der Waals surface area (Å²) >= 11 is 12.4. The van der Waals surface area contributed by atoms with Gasteiger partial charge in [0.25, 0.3) is 5.91 Å². The number of fused-ring (bicyclic) bond motifs is 2. The van der Waals surface area contributed by atoms with Crippen LogP contribution in [0.2, 0.25) is 10.0 Å². The Kier molecular flexibility index (Phi) is 7.63. The number of carbonyl (C=O) groups is 2. The molecular weight excluding hydrogens is 604 g/mol. The lowest BCUT2D eigenvalue weighted by Gasteiger charge is -2.39. The lowest BCUT2D eigenvalue weighted by atomic mass is 9.62. The first-order valence-corrected chi connectivity index (χ1v) is 16.7. The molecule has 4 atom stereocenters. The van der Waals surface area contributed by atoms with Gasteiger partial charge in [-0.2, -0.15) is 4.31 Å². The van der Waals surface area contributed by atoms with Gasteiger partial charge in [-0.05, 0) is 41.2 Å². The Hall–Kier alpha value is -2.25. The lowest BCUT2D eigenvalue weighted by molar-refractivity contribution is -0.129. The van der Waals surface area contributed by atoms with Gasteiger partial charge in [0.15, 0.2) is 0 Å². The van der Waals surface area contributed by atoms with Crippen molar-refractivity contribution in [2.45, 2.75) is 50.6 Å². The summed E-state index contributed by atoms with van der Waals surface area (Å²) in [5.74, 6) is -4.27. The zero-order valence-electron chi connectivity index (χ0n) is 22.7. The zero-order chi connectivity index (χ0) is 30.2. The predicted molar refractivity (Wildman–Crippen MR) is 152 cm³/mol. The maximum absolute atomic E-state index is 15.9. The molecule has 2 aliphatic heterocycles. The second-order valence-corrected chi connectivity index (χ2v) is 16.3. The molecule has 1 spiro atoms. The maximum Gasteiger partial charge on any atom is 0.254 e. The van der Waals surface area contributed by atoms with E-state index in [0.29, 0.717) is 9.87 Å². The van der Waals surface area contributed by atoms with Gasteiger partial charge in [-0.1, -0.05) is 62.2 Å². The number of carbonyl (C=O) groups excluding carboxylic acids is 2. The molecule has 2 heterocycles. The molecule has 2 amide bonds. The van der Waals surface area contributed by atoms with Crippen molar-refractivity contribution in [3.63, 3.8) is 0 Å². The summed E-state index contributed by atoms with van der Waals surface area (Å²) in [7, 11) is -7.51. The number of rotatable bonds is 5. The summed E-state index contributed by atoms with van der Waals surface area (Å²) in [5, 5.41) is 2.75. The molecule has 0 saturated carbocycles.